The molecule has 0 unspecified atom stereocenters. The van der Waals surface area contributed by atoms with Gasteiger partial charge in [0.15, 0.2) is 6.61 Å². The van der Waals surface area contributed by atoms with Crippen molar-refractivity contribution in [1.29, 1.82) is 0 Å². The van der Waals surface area contributed by atoms with E-state index in [-0.39, 0.29) is 24.5 Å². The molecule has 0 spiro atoms. The van der Waals surface area contributed by atoms with Gasteiger partial charge < -0.3 is 19.7 Å². The SMILES string of the molecule is CC[C@@H](C)NC(=O)[C@H](C)N(CCc1ccccc1)C(=O)COc1ccc(OC)cc1. The smallest absolute Gasteiger partial charge is 0.261 e. The molecule has 1 N–H and O–H groups in total. The van der Waals surface area contributed by atoms with Crippen LogP contribution in [0.3, 0.4) is 0 Å². The molecule has 2 amide bonds. The lowest BCUT2D eigenvalue weighted by Gasteiger charge is -2.29. The zero-order valence-electron chi connectivity index (χ0n) is 18.3. The predicted molar refractivity (Wildman–Crippen MR) is 118 cm³/mol. The second kappa shape index (κ2) is 11.9. The highest BCUT2D eigenvalue weighted by Crippen LogP contribution is 2.17. The van der Waals surface area contributed by atoms with Gasteiger partial charge in [-0.05, 0) is 56.5 Å². The number of hydrogen-bond acceptors (Lipinski definition) is 4. The number of carbonyl (C=O) groups excluding carboxylic acids is 2. The molecular formula is C24H32N2O4. The van der Waals surface area contributed by atoms with Crippen LogP contribution >= 0.6 is 0 Å². The monoisotopic (exact) mass is 412 g/mol. The van der Waals surface area contributed by atoms with Gasteiger partial charge in [0, 0.05) is 12.6 Å². The average Bonchev–Trinajstić information content (AvgIpc) is 2.78. The van der Waals surface area contributed by atoms with E-state index in [4.69, 9.17) is 9.47 Å². The summed E-state index contributed by atoms with van der Waals surface area (Å²) < 4.78 is 10.8. The summed E-state index contributed by atoms with van der Waals surface area (Å²) in [5, 5.41) is 2.96. The van der Waals surface area contributed by atoms with E-state index in [1.807, 2.05) is 44.2 Å². The largest absolute Gasteiger partial charge is 0.497 e. The lowest BCUT2D eigenvalue weighted by Crippen LogP contribution is -2.51. The maximum atomic E-state index is 13.0. The van der Waals surface area contributed by atoms with E-state index in [1.165, 1.54) is 0 Å². The maximum Gasteiger partial charge on any atom is 0.261 e. The molecule has 2 rings (SSSR count). The zero-order valence-corrected chi connectivity index (χ0v) is 18.3. The van der Waals surface area contributed by atoms with Crippen LogP contribution in [-0.4, -0.2) is 49.1 Å². The van der Waals surface area contributed by atoms with Crippen molar-refractivity contribution in [2.24, 2.45) is 0 Å². The van der Waals surface area contributed by atoms with Crippen molar-refractivity contribution in [2.75, 3.05) is 20.3 Å². The van der Waals surface area contributed by atoms with Gasteiger partial charge in [0.25, 0.3) is 5.91 Å². The number of carbonyl (C=O) groups is 2. The van der Waals surface area contributed by atoms with E-state index in [2.05, 4.69) is 5.32 Å². The fraction of sp³-hybridized carbons (Fsp3) is 0.417. The predicted octanol–water partition coefficient (Wildman–Crippen LogP) is 3.45. The minimum absolute atomic E-state index is 0.0570. The molecule has 0 aliphatic rings. The number of hydrogen-bond donors (Lipinski definition) is 1. The molecule has 0 aliphatic heterocycles. The standard InChI is InChI=1S/C24H32N2O4/c1-5-18(2)25-24(28)19(3)26(16-15-20-9-7-6-8-10-20)23(27)17-30-22-13-11-21(29-4)12-14-22/h6-14,18-19H,5,15-17H2,1-4H3,(H,25,28)/t18-,19+/m1/s1. The fourth-order valence-electron chi connectivity index (χ4n) is 2.94. The van der Waals surface area contributed by atoms with E-state index in [0.717, 1.165) is 12.0 Å². The highest BCUT2D eigenvalue weighted by Gasteiger charge is 2.26. The van der Waals surface area contributed by atoms with Crippen molar-refractivity contribution >= 4 is 11.8 Å². The van der Waals surface area contributed by atoms with Gasteiger partial charge in [-0.2, -0.15) is 0 Å². The molecule has 2 aromatic rings. The van der Waals surface area contributed by atoms with Crippen LogP contribution in [0.4, 0.5) is 0 Å². The van der Waals surface area contributed by atoms with Crippen LogP contribution in [0.1, 0.15) is 32.8 Å². The van der Waals surface area contributed by atoms with Crippen LogP contribution in [0.5, 0.6) is 11.5 Å². The third-order valence-corrected chi connectivity index (χ3v) is 5.07. The second-order valence-corrected chi connectivity index (χ2v) is 7.28. The van der Waals surface area contributed by atoms with Crippen molar-refractivity contribution in [3.63, 3.8) is 0 Å². The number of nitrogens with zero attached hydrogens (tertiary/aromatic N) is 1. The van der Waals surface area contributed by atoms with Gasteiger partial charge in [-0.25, -0.2) is 0 Å². The Bertz CT molecular complexity index is 793. The van der Waals surface area contributed by atoms with Crippen LogP contribution in [0.15, 0.2) is 54.6 Å². The van der Waals surface area contributed by atoms with Gasteiger partial charge in [0.1, 0.15) is 17.5 Å². The van der Waals surface area contributed by atoms with Gasteiger partial charge >= 0.3 is 0 Å². The number of rotatable bonds is 11. The van der Waals surface area contributed by atoms with E-state index < -0.39 is 6.04 Å². The highest BCUT2D eigenvalue weighted by molar-refractivity contribution is 5.88. The normalized spacial score (nSPS) is 12.5. The maximum absolute atomic E-state index is 13.0. The van der Waals surface area contributed by atoms with Crippen LogP contribution in [-0.2, 0) is 16.0 Å². The molecule has 0 saturated heterocycles. The topological polar surface area (TPSA) is 67.9 Å². The molecule has 0 heterocycles. The lowest BCUT2D eigenvalue weighted by molar-refractivity contribution is -0.141. The summed E-state index contributed by atoms with van der Waals surface area (Å²) in [7, 11) is 1.59. The average molecular weight is 413 g/mol. The Morgan fingerprint density at radius 1 is 1.00 bits per heavy atom. The summed E-state index contributed by atoms with van der Waals surface area (Å²) in [6.45, 7) is 6.02. The van der Waals surface area contributed by atoms with E-state index >= 15 is 0 Å². The first-order valence-electron chi connectivity index (χ1n) is 10.3. The molecule has 0 radical (unpaired) electrons. The molecule has 0 aromatic heterocycles. The van der Waals surface area contributed by atoms with Gasteiger partial charge in [-0.3, -0.25) is 9.59 Å². The quantitative estimate of drug-likeness (QED) is 0.614. The third kappa shape index (κ3) is 7.10. The van der Waals surface area contributed by atoms with Crippen molar-refractivity contribution in [1.82, 2.24) is 10.2 Å². The highest BCUT2D eigenvalue weighted by atomic mass is 16.5. The molecule has 2 aromatic carbocycles. The molecule has 0 bridgehead atoms. The number of benzene rings is 2. The molecule has 6 heteroatoms. The minimum atomic E-state index is -0.588. The molecule has 30 heavy (non-hydrogen) atoms. The first-order chi connectivity index (χ1) is 14.4. The summed E-state index contributed by atoms with van der Waals surface area (Å²) in [5.74, 6) is 0.904. The van der Waals surface area contributed by atoms with E-state index in [9.17, 15) is 9.59 Å². The molecular weight excluding hydrogens is 380 g/mol. The Kier molecular flexibility index (Phi) is 9.19. The lowest BCUT2D eigenvalue weighted by atomic mass is 10.1. The van der Waals surface area contributed by atoms with Crippen LogP contribution in [0, 0.1) is 0 Å². The van der Waals surface area contributed by atoms with E-state index in [1.54, 1.807) is 43.2 Å². The van der Waals surface area contributed by atoms with Gasteiger partial charge in [0.05, 0.1) is 7.11 Å². The summed E-state index contributed by atoms with van der Waals surface area (Å²) in [4.78, 5) is 27.2. The Morgan fingerprint density at radius 2 is 1.63 bits per heavy atom. The number of nitrogens with one attached hydrogen (secondary N) is 1. The molecule has 0 aliphatic carbocycles. The Balaban J connectivity index is 2.05. The molecule has 162 valence electrons. The first-order valence-corrected chi connectivity index (χ1v) is 10.3. The van der Waals surface area contributed by atoms with Gasteiger partial charge in [0.2, 0.25) is 5.91 Å². The van der Waals surface area contributed by atoms with Crippen molar-refractivity contribution < 1.29 is 19.1 Å². The Labute approximate surface area is 179 Å². The molecule has 0 fully saturated rings. The molecule has 6 nitrogen and oxygen atoms in total. The Morgan fingerprint density at radius 3 is 2.23 bits per heavy atom. The van der Waals surface area contributed by atoms with Crippen molar-refractivity contribution in [3.8, 4) is 11.5 Å². The van der Waals surface area contributed by atoms with Crippen molar-refractivity contribution in [3.05, 3.63) is 60.2 Å². The number of methoxy groups -OCH3 is 1. The third-order valence-electron chi connectivity index (χ3n) is 5.07. The molecule has 2 atom stereocenters. The molecule has 0 saturated carbocycles. The van der Waals surface area contributed by atoms with Crippen LogP contribution in [0.2, 0.25) is 0 Å². The first kappa shape index (κ1) is 23.3. The summed E-state index contributed by atoms with van der Waals surface area (Å²) in [6.07, 6.45) is 1.49. The van der Waals surface area contributed by atoms with Crippen LogP contribution in [0.25, 0.3) is 0 Å². The summed E-state index contributed by atoms with van der Waals surface area (Å²) >= 11 is 0. The second-order valence-electron chi connectivity index (χ2n) is 7.28. The fourth-order valence-corrected chi connectivity index (χ4v) is 2.94. The van der Waals surface area contributed by atoms with Crippen LogP contribution < -0.4 is 14.8 Å². The van der Waals surface area contributed by atoms with Crippen molar-refractivity contribution in [2.45, 2.75) is 45.7 Å². The Hall–Kier alpha value is -3.02. The van der Waals surface area contributed by atoms with Gasteiger partial charge in [-0.1, -0.05) is 37.3 Å². The number of ether oxygens (including phenoxy) is 2. The zero-order chi connectivity index (χ0) is 21.9. The summed E-state index contributed by atoms with van der Waals surface area (Å²) in [6, 6.07) is 16.4. The summed E-state index contributed by atoms with van der Waals surface area (Å²) in [5.41, 5.74) is 1.11. The minimum Gasteiger partial charge on any atom is -0.497 e. The van der Waals surface area contributed by atoms with E-state index in [0.29, 0.717) is 24.5 Å². The number of amides is 2. The van der Waals surface area contributed by atoms with Gasteiger partial charge in [-0.15, -0.1) is 0 Å².